The molecule has 67 heavy (non-hydrogen) atoms. The van der Waals surface area contributed by atoms with Gasteiger partial charge in [0.15, 0.2) is 0 Å². The topological polar surface area (TPSA) is 202 Å². The number of pyridine rings is 1. The zero-order chi connectivity index (χ0) is 48.2. The quantitative estimate of drug-likeness (QED) is 0.0205. The Morgan fingerprint density at radius 3 is 1.72 bits per heavy atom. The number of carbonyl (C=O) groups is 3. The molecule has 0 spiro atoms. The molecular weight excluding hydrogens is 955 g/mol. The van der Waals surface area contributed by atoms with E-state index in [0.29, 0.717) is 76.7 Å². The standard InChI is InChI=1S/C47H88N12O4S.2ClH.Mn/c1-3-58(45(60)52-25-14-6-5-13-23-48)30-17-24-49-37-59(4-2)46(61)53-26-15-7-8-16-27-54-47(62)63-31-18-32-64-40-33-38-35-55-43-21-11-9-19-41(43)50-28-29-51-42-20-10-12-22-44(42)56-36-39(34-40)57-38;;;/h33-34,41-44,49-51,55-56H,3-32,35-37,48H2,1-2H3,(H,52,60)(H,53,61)(H,54,62);2*1H;/q;;;+2/p-2/t41-,42?,43?,44-;;;/m1.../s1. The van der Waals surface area contributed by atoms with Crippen LogP contribution in [0.15, 0.2) is 17.0 Å². The molecule has 2 fully saturated rings. The summed E-state index contributed by atoms with van der Waals surface area (Å²) in [6.45, 7) is 13.6. The number of amides is 5. The summed E-state index contributed by atoms with van der Waals surface area (Å²) < 4.78 is 5.50. The number of nitrogens with one attached hydrogen (secondary N) is 8. The molecule has 4 atom stereocenters. The third-order valence-electron chi connectivity index (χ3n) is 12.7. The Balaban J connectivity index is 0.00000386. The van der Waals surface area contributed by atoms with Crippen LogP contribution < -0.4 is 48.3 Å². The normalized spacial score (nSPS) is 19.8. The molecule has 5 amide bonds. The molecule has 1 aliphatic heterocycles. The van der Waals surface area contributed by atoms with Crippen molar-refractivity contribution in [1.82, 2.24) is 57.3 Å². The maximum absolute atomic E-state index is 12.7. The van der Waals surface area contributed by atoms with Gasteiger partial charge in [-0.1, -0.05) is 51.4 Å². The van der Waals surface area contributed by atoms with Crippen LogP contribution in [-0.2, 0) is 31.0 Å². The van der Waals surface area contributed by atoms with Crippen molar-refractivity contribution < 1.29 is 32.3 Å². The molecule has 20 heteroatoms. The Hall–Kier alpha value is -1.83. The summed E-state index contributed by atoms with van der Waals surface area (Å²) in [5.41, 5.74) is 7.73. The van der Waals surface area contributed by atoms with E-state index < -0.39 is 0 Å². The summed E-state index contributed by atoms with van der Waals surface area (Å²) in [4.78, 5) is 47.5. The molecule has 0 saturated heterocycles. The average molecular weight is 1040 g/mol. The van der Waals surface area contributed by atoms with Gasteiger partial charge in [0.1, 0.15) is 0 Å². The van der Waals surface area contributed by atoms with Crippen LogP contribution in [0.1, 0.15) is 141 Å². The van der Waals surface area contributed by atoms with E-state index in [4.69, 9.17) is 35.7 Å². The van der Waals surface area contributed by atoms with E-state index in [1.807, 2.05) is 30.5 Å². The number of nitrogens with zero attached hydrogens (tertiary/aromatic N) is 3. The van der Waals surface area contributed by atoms with Gasteiger partial charge in [0.2, 0.25) is 0 Å². The molecule has 16 nitrogen and oxygen atoms in total. The van der Waals surface area contributed by atoms with Gasteiger partial charge in [-0.3, -0.25) is 10.3 Å². The van der Waals surface area contributed by atoms with Crippen LogP contribution in [0.3, 0.4) is 0 Å². The Labute approximate surface area is 422 Å². The maximum atomic E-state index is 12.7. The zero-order valence-corrected chi connectivity index (χ0v) is 44.4. The first kappa shape index (κ1) is 59.5. The second kappa shape index (κ2) is 38.9. The molecule has 387 valence electrons. The molecular formula is C47H88Cl2MnN12O4S. The third-order valence-corrected chi connectivity index (χ3v) is 13.8. The molecule has 2 saturated carbocycles. The number of rotatable bonds is 26. The van der Waals surface area contributed by atoms with Gasteiger partial charge in [0, 0.05) is 100 Å². The van der Waals surface area contributed by atoms with Crippen molar-refractivity contribution in [2.45, 2.75) is 172 Å². The number of thioether (sulfide) groups is 1. The van der Waals surface area contributed by atoms with Crippen LogP contribution in [0.4, 0.5) is 14.4 Å². The summed E-state index contributed by atoms with van der Waals surface area (Å²) in [5, 5.41) is 27.7. The van der Waals surface area contributed by atoms with Crippen molar-refractivity contribution in [3.63, 3.8) is 0 Å². The second-order valence-corrected chi connectivity index (χ2v) is 20.9. The van der Waals surface area contributed by atoms with E-state index in [0.717, 1.165) is 121 Å². The van der Waals surface area contributed by atoms with Gasteiger partial charge in [0.25, 0.3) is 0 Å². The van der Waals surface area contributed by atoms with Crippen LogP contribution in [0, 0.1) is 0 Å². The monoisotopic (exact) mass is 1040 g/mol. The number of halogens is 2. The number of ether oxygens (including phenoxy) is 1. The van der Waals surface area contributed by atoms with Gasteiger partial charge in [-0.05, 0) is 103 Å². The van der Waals surface area contributed by atoms with Crippen LogP contribution in [0.2, 0.25) is 0 Å². The zero-order valence-electron chi connectivity index (χ0n) is 40.9. The molecule has 1 aromatic heterocycles. The number of urea groups is 2. The summed E-state index contributed by atoms with van der Waals surface area (Å²) in [7, 11) is 9.59. The molecule has 0 aromatic carbocycles. The van der Waals surface area contributed by atoms with Crippen molar-refractivity contribution in [2.75, 3.05) is 84.5 Å². The van der Waals surface area contributed by atoms with Crippen LogP contribution in [0.5, 0.6) is 0 Å². The molecule has 2 bridgehead atoms. The Morgan fingerprint density at radius 2 is 1.19 bits per heavy atom. The summed E-state index contributed by atoms with van der Waals surface area (Å²) in [6.07, 6.45) is 19.1. The molecule has 1 aromatic rings. The van der Waals surface area contributed by atoms with Gasteiger partial charge in [-0.25, -0.2) is 14.4 Å². The number of unbranched alkanes of at least 4 members (excludes halogenated alkanes) is 6. The van der Waals surface area contributed by atoms with Crippen molar-refractivity contribution >= 4 is 50.1 Å². The number of hydrogen-bond donors (Lipinski definition) is 9. The molecule has 2 unspecified atom stereocenters. The second-order valence-electron chi connectivity index (χ2n) is 17.8. The van der Waals surface area contributed by atoms with Gasteiger partial charge >= 0.3 is 51.5 Å². The first-order chi connectivity index (χ1) is 32.8. The van der Waals surface area contributed by atoms with E-state index in [1.54, 1.807) is 4.90 Å². The molecule has 3 aliphatic rings. The van der Waals surface area contributed by atoms with E-state index >= 15 is 0 Å². The van der Waals surface area contributed by atoms with Gasteiger partial charge in [0.05, 0.1) is 24.7 Å². The minimum atomic E-state index is -0.361. The number of fused-ring (bicyclic) bond motifs is 4. The fraction of sp³-hybridized carbons (Fsp3) is 0.830. The molecule has 4 rings (SSSR count). The first-order valence-electron chi connectivity index (χ1n) is 25.6. The Bertz CT molecular complexity index is 1420. The Morgan fingerprint density at radius 1 is 0.701 bits per heavy atom. The van der Waals surface area contributed by atoms with Crippen molar-refractivity contribution in [3.8, 4) is 0 Å². The van der Waals surface area contributed by atoms with E-state index in [2.05, 4.69) is 54.7 Å². The summed E-state index contributed by atoms with van der Waals surface area (Å²) in [6, 6.07) is 6.31. The fourth-order valence-corrected chi connectivity index (χ4v) is 9.88. The van der Waals surface area contributed by atoms with Crippen LogP contribution in [-0.4, -0.2) is 142 Å². The average Bonchev–Trinajstić information content (AvgIpc) is 3.34. The Kier molecular flexibility index (Phi) is 34.5. The van der Waals surface area contributed by atoms with Crippen molar-refractivity contribution in [3.05, 3.63) is 23.5 Å². The van der Waals surface area contributed by atoms with Gasteiger partial charge in [-0.2, -0.15) is 0 Å². The molecule has 10 N–H and O–H groups in total. The summed E-state index contributed by atoms with van der Waals surface area (Å²) in [5.74, 6) is 0.861. The number of carbonyl (C=O) groups excluding carboxylic acids is 3. The predicted molar refractivity (Wildman–Crippen MR) is 272 cm³/mol. The summed E-state index contributed by atoms with van der Waals surface area (Å²) >= 11 is 1.82. The fourth-order valence-electron chi connectivity index (χ4n) is 8.94. The third kappa shape index (κ3) is 26.8. The van der Waals surface area contributed by atoms with Crippen LogP contribution >= 0.6 is 32.0 Å². The number of nitrogens with two attached hydrogens (primary N) is 1. The predicted octanol–water partition coefficient (Wildman–Crippen LogP) is 6.74. The molecule has 2 aliphatic carbocycles. The number of aromatic nitrogens is 1. The van der Waals surface area contributed by atoms with Crippen molar-refractivity contribution in [1.29, 1.82) is 0 Å². The SMILES string of the molecule is CCN(CCCNCN(CC)C(=O)NCCCCCCNC(=O)OCCCSc1cc2nc(c1)CN[C@@H]1CCCCC1NCCN[C@@H]1CCCCC1NC2)C(=O)NCCCCCCN.[Cl][Mn][Cl]. The number of alkyl carbamates (subject to hydrolysis) is 1. The number of hydrogen-bond acceptors (Lipinski definition) is 12. The van der Waals surface area contributed by atoms with Crippen LogP contribution in [0.25, 0.3) is 0 Å². The van der Waals surface area contributed by atoms with E-state index in [-0.39, 0.29) is 31.3 Å². The molecule has 2 heterocycles. The van der Waals surface area contributed by atoms with Gasteiger partial charge in [-0.15, -0.1) is 11.8 Å². The first-order valence-corrected chi connectivity index (χ1v) is 29.8. The van der Waals surface area contributed by atoms with Crippen molar-refractivity contribution in [2.24, 2.45) is 5.73 Å². The minimum absolute atomic E-state index is 0.00694. The molecule has 0 radical (unpaired) electrons. The van der Waals surface area contributed by atoms with Gasteiger partial charge < -0.3 is 57.5 Å². The van der Waals surface area contributed by atoms with E-state index in [1.165, 1.54) is 56.3 Å². The van der Waals surface area contributed by atoms with E-state index in [9.17, 15) is 14.4 Å².